The van der Waals surface area contributed by atoms with Crippen LogP contribution in [0.4, 0.5) is 5.95 Å². The summed E-state index contributed by atoms with van der Waals surface area (Å²) >= 11 is 0. The van der Waals surface area contributed by atoms with Gasteiger partial charge in [-0.1, -0.05) is 6.07 Å². The standard InChI is InChI=1S/C18H20N4O2/c1-4-22-17-15(6-5-9-19-17)20-18(22)21-16(23)11-13-7-8-14(24-3)10-12(13)2/h5-10H,4,11H2,1-3H3,(H,20,21,23). The van der Waals surface area contributed by atoms with Gasteiger partial charge in [0.2, 0.25) is 11.9 Å². The number of hydrogen-bond acceptors (Lipinski definition) is 4. The molecule has 0 saturated heterocycles. The van der Waals surface area contributed by atoms with Gasteiger partial charge in [0.15, 0.2) is 5.65 Å². The summed E-state index contributed by atoms with van der Waals surface area (Å²) in [7, 11) is 1.63. The number of aromatic nitrogens is 3. The van der Waals surface area contributed by atoms with Crippen LogP contribution in [0, 0.1) is 6.92 Å². The molecule has 1 aromatic carbocycles. The van der Waals surface area contributed by atoms with E-state index in [1.165, 1.54) is 0 Å². The summed E-state index contributed by atoms with van der Waals surface area (Å²) in [4.78, 5) is 21.2. The van der Waals surface area contributed by atoms with E-state index in [1.807, 2.05) is 48.7 Å². The number of methoxy groups -OCH3 is 1. The molecule has 0 aliphatic carbocycles. The topological polar surface area (TPSA) is 69.0 Å². The minimum absolute atomic E-state index is 0.103. The molecular weight excluding hydrogens is 304 g/mol. The van der Waals surface area contributed by atoms with Gasteiger partial charge in [0, 0.05) is 12.7 Å². The molecule has 0 bridgehead atoms. The van der Waals surface area contributed by atoms with E-state index in [0.717, 1.165) is 28.0 Å². The Bertz CT molecular complexity index is 886. The highest BCUT2D eigenvalue weighted by Gasteiger charge is 2.14. The quantitative estimate of drug-likeness (QED) is 0.783. The number of carbonyl (C=O) groups excluding carboxylic acids is 1. The monoisotopic (exact) mass is 324 g/mol. The van der Waals surface area contributed by atoms with E-state index in [2.05, 4.69) is 15.3 Å². The molecule has 0 fully saturated rings. The molecule has 24 heavy (non-hydrogen) atoms. The first-order valence-corrected chi connectivity index (χ1v) is 7.87. The molecule has 6 heteroatoms. The Kier molecular flexibility index (Phi) is 4.46. The Balaban J connectivity index is 1.80. The van der Waals surface area contributed by atoms with Crippen molar-refractivity contribution in [2.75, 3.05) is 12.4 Å². The van der Waals surface area contributed by atoms with Gasteiger partial charge in [-0.2, -0.15) is 0 Å². The van der Waals surface area contributed by atoms with Crippen LogP contribution in [0.1, 0.15) is 18.1 Å². The number of hydrogen-bond donors (Lipinski definition) is 1. The summed E-state index contributed by atoms with van der Waals surface area (Å²) in [5.41, 5.74) is 3.53. The Labute approximate surface area is 140 Å². The predicted molar refractivity (Wildman–Crippen MR) is 93.3 cm³/mol. The Morgan fingerprint density at radius 1 is 1.33 bits per heavy atom. The summed E-state index contributed by atoms with van der Waals surface area (Å²) in [5.74, 6) is 1.21. The third kappa shape index (κ3) is 3.08. The lowest BCUT2D eigenvalue weighted by Gasteiger charge is -2.09. The summed E-state index contributed by atoms with van der Waals surface area (Å²) in [6.45, 7) is 4.65. The Hall–Kier alpha value is -2.89. The molecule has 2 aromatic heterocycles. The second-order valence-corrected chi connectivity index (χ2v) is 5.54. The zero-order chi connectivity index (χ0) is 17.1. The fourth-order valence-corrected chi connectivity index (χ4v) is 2.69. The van der Waals surface area contributed by atoms with Gasteiger partial charge in [-0.25, -0.2) is 9.97 Å². The van der Waals surface area contributed by atoms with Crippen LogP contribution in [0.25, 0.3) is 11.2 Å². The number of carbonyl (C=O) groups is 1. The van der Waals surface area contributed by atoms with Gasteiger partial charge in [0.1, 0.15) is 11.3 Å². The first-order valence-electron chi connectivity index (χ1n) is 7.87. The van der Waals surface area contributed by atoms with Crippen molar-refractivity contribution in [1.82, 2.24) is 14.5 Å². The number of benzene rings is 1. The number of amides is 1. The highest BCUT2D eigenvalue weighted by Crippen LogP contribution is 2.19. The molecule has 0 radical (unpaired) electrons. The van der Waals surface area contributed by atoms with E-state index in [4.69, 9.17) is 4.74 Å². The maximum Gasteiger partial charge on any atom is 0.231 e. The molecule has 0 aliphatic rings. The fraction of sp³-hybridized carbons (Fsp3) is 0.278. The molecule has 3 aromatic rings. The molecule has 1 amide bonds. The predicted octanol–water partition coefficient (Wildman–Crippen LogP) is 2.95. The number of pyridine rings is 1. The van der Waals surface area contributed by atoms with E-state index in [1.54, 1.807) is 13.3 Å². The van der Waals surface area contributed by atoms with E-state index < -0.39 is 0 Å². The van der Waals surface area contributed by atoms with Gasteiger partial charge in [0.25, 0.3) is 0 Å². The third-order valence-electron chi connectivity index (χ3n) is 3.97. The zero-order valence-electron chi connectivity index (χ0n) is 14.0. The minimum Gasteiger partial charge on any atom is -0.497 e. The van der Waals surface area contributed by atoms with Crippen molar-refractivity contribution < 1.29 is 9.53 Å². The highest BCUT2D eigenvalue weighted by atomic mass is 16.5. The van der Waals surface area contributed by atoms with Gasteiger partial charge in [-0.05, 0) is 49.2 Å². The average molecular weight is 324 g/mol. The van der Waals surface area contributed by atoms with Crippen molar-refractivity contribution in [2.24, 2.45) is 0 Å². The first kappa shape index (κ1) is 16.0. The minimum atomic E-state index is -0.103. The molecule has 0 unspecified atom stereocenters. The van der Waals surface area contributed by atoms with E-state index >= 15 is 0 Å². The molecule has 1 N–H and O–H groups in total. The summed E-state index contributed by atoms with van der Waals surface area (Å²) in [5, 5.41) is 2.90. The number of imidazole rings is 1. The molecule has 124 valence electrons. The molecule has 0 spiro atoms. The number of ether oxygens (including phenoxy) is 1. The molecular formula is C18H20N4O2. The van der Waals surface area contributed by atoms with Crippen LogP contribution >= 0.6 is 0 Å². The van der Waals surface area contributed by atoms with Crippen LogP contribution in [0.2, 0.25) is 0 Å². The van der Waals surface area contributed by atoms with Crippen molar-refractivity contribution >= 4 is 23.0 Å². The molecule has 6 nitrogen and oxygen atoms in total. The van der Waals surface area contributed by atoms with Gasteiger partial charge in [0.05, 0.1) is 13.5 Å². The Morgan fingerprint density at radius 2 is 2.17 bits per heavy atom. The smallest absolute Gasteiger partial charge is 0.231 e. The van der Waals surface area contributed by atoms with Crippen LogP contribution in [-0.2, 0) is 17.8 Å². The van der Waals surface area contributed by atoms with Crippen LogP contribution in [0.15, 0.2) is 36.5 Å². The summed E-state index contributed by atoms with van der Waals surface area (Å²) in [6.07, 6.45) is 2.01. The number of rotatable bonds is 5. The average Bonchev–Trinajstić information content (AvgIpc) is 2.93. The summed E-state index contributed by atoms with van der Waals surface area (Å²) < 4.78 is 7.09. The van der Waals surface area contributed by atoms with Gasteiger partial charge < -0.3 is 4.74 Å². The van der Waals surface area contributed by atoms with Crippen LogP contribution < -0.4 is 10.1 Å². The van der Waals surface area contributed by atoms with Gasteiger partial charge >= 0.3 is 0 Å². The highest BCUT2D eigenvalue weighted by molar-refractivity contribution is 5.92. The number of aryl methyl sites for hydroxylation is 2. The summed E-state index contributed by atoms with van der Waals surface area (Å²) in [6, 6.07) is 9.42. The zero-order valence-corrected chi connectivity index (χ0v) is 14.0. The maximum absolute atomic E-state index is 12.4. The second kappa shape index (κ2) is 6.70. The van der Waals surface area contributed by atoms with Gasteiger partial charge in [-0.15, -0.1) is 0 Å². The lowest BCUT2D eigenvalue weighted by Crippen LogP contribution is -2.18. The van der Waals surface area contributed by atoms with E-state index in [-0.39, 0.29) is 12.3 Å². The molecule has 0 atom stereocenters. The molecule has 0 aliphatic heterocycles. The lowest BCUT2D eigenvalue weighted by molar-refractivity contribution is -0.115. The SMILES string of the molecule is CCn1c(NC(=O)Cc2ccc(OC)cc2C)nc2cccnc21. The molecule has 0 saturated carbocycles. The van der Waals surface area contributed by atoms with Gasteiger partial charge in [-0.3, -0.25) is 14.7 Å². The van der Waals surface area contributed by atoms with Crippen molar-refractivity contribution in [3.8, 4) is 5.75 Å². The number of fused-ring (bicyclic) bond motifs is 1. The molecule has 3 rings (SSSR count). The van der Waals surface area contributed by atoms with E-state index in [0.29, 0.717) is 12.5 Å². The first-order chi connectivity index (χ1) is 11.6. The molecule has 2 heterocycles. The lowest BCUT2D eigenvalue weighted by atomic mass is 10.1. The Morgan fingerprint density at radius 3 is 2.88 bits per heavy atom. The second-order valence-electron chi connectivity index (χ2n) is 5.54. The maximum atomic E-state index is 12.4. The van der Waals surface area contributed by atoms with Crippen molar-refractivity contribution in [3.63, 3.8) is 0 Å². The fourth-order valence-electron chi connectivity index (χ4n) is 2.69. The number of anilines is 1. The van der Waals surface area contributed by atoms with Crippen LogP contribution in [0.3, 0.4) is 0 Å². The third-order valence-corrected chi connectivity index (χ3v) is 3.97. The normalized spacial score (nSPS) is 10.8. The van der Waals surface area contributed by atoms with Crippen molar-refractivity contribution in [1.29, 1.82) is 0 Å². The van der Waals surface area contributed by atoms with Crippen LogP contribution in [0.5, 0.6) is 5.75 Å². The largest absolute Gasteiger partial charge is 0.497 e. The van der Waals surface area contributed by atoms with E-state index in [9.17, 15) is 4.79 Å². The van der Waals surface area contributed by atoms with Crippen LogP contribution in [-0.4, -0.2) is 27.6 Å². The van der Waals surface area contributed by atoms with Crippen molar-refractivity contribution in [2.45, 2.75) is 26.8 Å². The number of nitrogens with zero attached hydrogens (tertiary/aromatic N) is 3. The number of nitrogens with one attached hydrogen (secondary N) is 1. The van der Waals surface area contributed by atoms with Crippen molar-refractivity contribution in [3.05, 3.63) is 47.7 Å².